The molecule has 1 atom stereocenters. The van der Waals surface area contributed by atoms with Gasteiger partial charge in [0, 0.05) is 6.54 Å². The number of nitrogens with zero attached hydrogens (tertiary/aromatic N) is 1. The highest BCUT2D eigenvalue weighted by Gasteiger charge is 2.19. The van der Waals surface area contributed by atoms with Crippen LogP contribution in [0, 0.1) is 5.92 Å². The lowest BCUT2D eigenvalue weighted by Crippen LogP contribution is -2.44. The van der Waals surface area contributed by atoms with Gasteiger partial charge in [-0.3, -0.25) is 9.69 Å². The number of piperidine rings is 1. The van der Waals surface area contributed by atoms with Gasteiger partial charge in [0.05, 0.1) is 6.04 Å². The number of hydrogen-bond acceptors (Lipinski definition) is 3. The standard InChI is InChI=1S/C16H33N3O/c1-4-5-6-10-18-16(20)14(2)19(3)13-9-15-7-11-17-12-8-15/h14-15,17H,4-13H2,1-3H3,(H,18,20). The second-order valence-electron chi connectivity index (χ2n) is 6.14. The Bertz CT molecular complexity index is 264. The fourth-order valence-electron chi connectivity index (χ4n) is 2.68. The molecule has 0 aromatic rings. The lowest BCUT2D eigenvalue weighted by molar-refractivity contribution is -0.125. The molecule has 1 amide bonds. The molecule has 4 heteroatoms. The molecule has 1 rings (SSSR count). The van der Waals surface area contributed by atoms with E-state index in [-0.39, 0.29) is 11.9 Å². The van der Waals surface area contributed by atoms with Gasteiger partial charge >= 0.3 is 0 Å². The van der Waals surface area contributed by atoms with E-state index in [1.165, 1.54) is 32.1 Å². The van der Waals surface area contributed by atoms with Gasteiger partial charge in [-0.05, 0) is 65.2 Å². The van der Waals surface area contributed by atoms with Crippen molar-refractivity contribution in [3.05, 3.63) is 0 Å². The molecule has 1 unspecified atom stereocenters. The molecule has 4 nitrogen and oxygen atoms in total. The summed E-state index contributed by atoms with van der Waals surface area (Å²) in [5, 5.41) is 6.44. The predicted molar refractivity (Wildman–Crippen MR) is 84.8 cm³/mol. The van der Waals surface area contributed by atoms with Gasteiger partial charge in [0.2, 0.25) is 5.91 Å². The molecule has 1 aliphatic rings. The smallest absolute Gasteiger partial charge is 0.237 e. The monoisotopic (exact) mass is 283 g/mol. The Morgan fingerprint density at radius 2 is 2.05 bits per heavy atom. The van der Waals surface area contributed by atoms with Gasteiger partial charge in [0.25, 0.3) is 0 Å². The van der Waals surface area contributed by atoms with Crippen LogP contribution in [0.1, 0.15) is 52.4 Å². The SMILES string of the molecule is CCCCCNC(=O)C(C)N(C)CCC1CCNCC1. The maximum absolute atomic E-state index is 12.0. The summed E-state index contributed by atoms with van der Waals surface area (Å²) in [6, 6.07) is -0.0154. The molecule has 0 bridgehead atoms. The Hall–Kier alpha value is -0.610. The van der Waals surface area contributed by atoms with Gasteiger partial charge in [-0.2, -0.15) is 0 Å². The molecule has 0 spiro atoms. The summed E-state index contributed by atoms with van der Waals surface area (Å²) in [5.41, 5.74) is 0. The number of hydrogen-bond donors (Lipinski definition) is 2. The number of carbonyl (C=O) groups is 1. The normalized spacial score (nSPS) is 18.2. The minimum Gasteiger partial charge on any atom is -0.355 e. The average Bonchev–Trinajstić information content (AvgIpc) is 2.49. The first kappa shape index (κ1) is 17.4. The van der Waals surface area contributed by atoms with Crippen molar-refractivity contribution in [2.24, 2.45) is 5.92 Å². The Morgan fingerprint density at radius 3 is 2.70 bits per heavy atom. The van der Waals surface area contributed by atoms with Crippen molar-refractivity contribution in [1.82, 2.24) is 15.5 Å². The van der Waals surface area contributed by atoms with E-state index in [4.69, 9.17) is 0 Å². The van der Waals surface area contributed by atoms with E-state index < -0.39 is 0 Å². The third kappa shape index (κ3) is 6.71. The van der Waals surface area contributed by atoms with Crippen LogP contribution in [0.15, 0.2) is 0 Å². The quantitative estimate of drug-likeness (QED) is 0.636. The zero-order valence-corrected chi connectivity index (χ0v) is 13.6. The van der Waals surface area contributed by atoms with Crippen LogP contribution in [0.4, 0.5) is 0 Å². The summed E-state index contributed by atoms with van der Waals surface area (Å²) in [4.78, 5) is 14.2. The summed E-state index contributed by atoms with van der Waals surface area (Å²) < 4.78 is 0. The fraction of sp³-hybridized carbons (Fsp3) is 0.938. The summed E-state index contributed by atoms with van der Waals surface area (Å²) in [5.74, 6) is 1.01. The Balaban J connectivity index is 2.16. The van der Waals surface area contributed by atoms with Gasteiger partial charge < -0.3 is 10.6 Å². The van der Waals surface area contributed by atoms with Crippen LogP contribution in [-0.4, -0.2) is 50.1 Å². The molecule has 2 N–H and O–H groups in total. The topological polar surface area (TPSA) is 44.4 Å². The molecule has 20 heavy (non-hydrogen) atoms. The highest BCUT2D eigenvalue weighted by atomic mass is 16.2. The molecule has 0 aromatic carbocycles. The molecule has 0 aromatic heterocycles. The van der Waals surface area contributed by atoms with Gasteiger partial charge in [0.15, 0.2) is 0 Å². The van der Waals surface area contributed by atoms with Crippen molar-refractivity contribution in [3.8, 4) is 0 Å². The molecule has 1 fully saturated rings. The van der Waals surface area contributed by atoms with Crippen LogP contribution in [-0.2, 0) is 4.79 Å². The largest absolute Gasteiger partial charge is 0.355 e. The first-order chi connectivity index (χ1) is 9.65. The van der Waals surface area contributed by atoms with Crippen LogP contribution >= 0.6 is 0 Å². The zero-order chi connectivity index (χ0) is 14.8. The van der Waals surface area contributed by atoms with E-state index in [2.05, 4.69) is 29.5 Å². The molecule has 118 valence electrons. The first-order valence-corrected chi connectivity index (χ1v) is 8.33. The minimum absolute atomic E-state index is 0.0154. The van der Waals surface area contributed by atoms with Crippen molar-refractivity contribution in [2.75, 3.05) is 33.2 Å². The molecule has 0 radical (unpaired) electrons. The molecule has 1 saturated heterocycles. The van der Waals surface area contributed by atoms with Crippen LogP contribution in [0.3, 0.4) is 0 Å². The maximum atomic E-state index is 12.0. The van der Waals surface area contributed by atoms with E-state index in [1.54, 1.807) is 0 Å². The van der Waals surface area contributed by atoms with Gasteiger partial charge in [-0.15, -0.1) is 0 Å². The van der Waals surface area contributed by atoms with Gasteiger partial charge in [-0.25, -0.2) is 0 Å². The molecule has 1 aliphatic heterocycles. The number of rotatable bonds is 9. The van der Waals surface area contributed by atoms with E-state index >= 15 is 0 Å². The Morgan fingerprint density at radius 1 is 1.35 bits per heavy atom. The number of nitrogens with one attached hydrogen (secondary N) is 2. The molecular formula is C16H33N3O. The highest BCUT2D eigenvalue weighted by Crippen LogP contribution is 2.16. The summed E-state index contributed by atoms with van der Waals surface area (Å²) in [6.07, 6.45) is 7.26. The van der Waals surface area contributed by atoms with E-state index in [9.17, 15) is 4.79 Å². The predicted octanol–water partition coefficient (Wildman–Crippen LogP) is 2.00. The zero-order valence-electron chi connectivity index (χ0n) is 13.6. The summed E-state index contributed by atoms with van der Waals surface area (Å²) in [6.45, 7) is 8.34. The lowest BCUT2D eigenvalue weighted by Gasteiger charge is -2.28. The number of unbranched alkanes of at least 4 members (excludes halogenated alkanes) is 2. The van der Waals surface area contributed by atoms with Crippen molar-refractivity contribution in [1.29, 1.82) is 0 Å². The number of carbonyl (C=O) groups excluding carboxylic acids is 1. The lowest BCUT2D eigenvalue weighted by atomic mass is 9.94. The van der Waals surface area contributed by atoms with E-state index in [0.29, 0.717) is 0 Å². The van der Waals surface area contributed by atoms with Crippen molar-refractivity contribution >= 4 is 5.91 Å². The van der Waals surface area contributed by atoms with Crippen molar-refractivity contribution < 1.29 is 4.79 Å². The first-order valence-electron chi connectivity index (χ1n) is 8.33. The Labute approximate surface area is 124 Å². The molecular weight excluding hydrogens is 250 g/mol. The van der Waals surface area contributed by atoms with Crippen LogP contribution in [0.2, 0.25) is 0 Å². The number of likely N-dealkylation sites (N-methyl/N-ethyl adjacent to an activating group) is 1. The highest BCUT2D eigenvalue weighted by molar-refractivity contribution is 5.81. The van der Waals surface area contributed by atoms with Crippen LogP contribution in [0.25, 0.3) is 0 Å². The molecule has 0 saturated carbocycles. The third-order valence-corrected chi connectivity index (χ3v) is 4.47. The Kier molecular flexibility index (Phi) is 8.86. The second kappa shape index (κ2) is 10.2. The average molecular weight is 283 g/mol. The van der Waals surface area contributed by atoms with E-state index in [0.717, 1.165) is 38.5 Å². The third-order valence-electron chi connectivity index (χ3n) is 4.47. The summed E-state index contributed by atoms with van der Waals surface area (Å²) >= 11 is 0. The number of amides is 1. The minimum atomic E-state index is -0.0154. The summed E-state index contributed by atoms with van der Waals surface area (Å²) in [7, 11) is 2.07. The van der Waals surface area contributed by atoms with E-state index in [1.807, 2.05) is 6.92 Å². The van der Waals surface area contributed by atoms with Crippen LogP contribution in [0.5, 0.6) is 0 Å². The molecule has 1 heterocycles. The second-order valence-corrected chi connectivity index (χ2v) is 6.14. The van der Waals surface area contributed by atoms with Crippen LogP contribution < -0.4 is 10.6 Å². The van der Waals surface area contributed by atoms with Crippen molar-refractivity contribution in [2.45, 2.75) is 58.4 Å². The van der Waals surface area contributed by atoms with Gasteiger partial charge in [-0.1, -0.05) is 19.8 Å². The maximum Gasteiger partial charge on any atom is 0.237 e. The van der Waals surface area contributed by atoms with Gasteiger partial charge in [0.1, 0.15) is 0 Å². The van der Waals surface area contributed by atoms with Crippen molar-refractivity contribution in [3.63, 3.8) is 0 Å². The fourth-order valence-corrected chi connectivity index (χ4v) is 2.68. The molecule has 0 aliphatic carbocycles.